The van der Waals surface area contributed by atoms with E-state index in [1.165, 1.54) is 18.5 Å². The van der Waals surface area contributed by atoms with Gasteiger partial charge in [-0.15, -0.1) is 0 Å². The predicted molar refractivity (Wildman–Crippen MR) is 109 cm³/mol. The van der Waals surface area contributed by atoms with E-state index in [0.717, 1.165) is 19.1 Å². The molecule has 13 heteroatoms. The van der Waals surface area contributed by atoms with Crippen LogP contribution in [-0.4, -0.2) is 35.0 Å². The molecule has 170 valence electrons. The summed E-state index contributed by atoms with van der Waals surface area (Å²) in [5.74, 6) is -9.06. The third kappa shape index (κ3) is 5.41. The number of anilines is 2. The van der Waals surface area contributed by atoms with Gasteiger partial charge < -0.3 is 10.5 Å². The van der Waals surface area contributed by atoms with Crippen molar-refractivity contribution in [2.75, 3.05) is 16.2 Å². The summed E-state index contributed by atoms with van der Waals surface area (Å²) in [5.41, 5.74) is 5.33. The van der Waals surface area contributed by atoms with Gasteiger partial charge in [-0.25, -0.2) is 36.5 Å². The first-order valence-electron chi connectivity index (χ1n) is 9.09. The van der Waals surface area contributed by atoms with E-state index in [1.807, 2.05) is 0 Å². The Kier molecular flexibility index (Phi) is 6.48. The van der Waals surface area contributed by atoms with Crippen LogP contribution in [0.1, 0.15) is 13.3 Å². The maximum atomic E-state index is 14.6. The molecule has 0 radical (unpaired) electrons. The van der Waals surface area contributed by atoms with Gasteiger partial charge in [-0.3, -0.25) is 4.72 Å². The lowest BCUT2D eigenvalue weighted by Crippen LogP contribution is -2.31. The molecule has 3 rings (SSSR count). The lowest BCUT2D eigenvalue weighted by atomic mass is 10.2. The highest BCUT2D eigenvalue weighted by molar-refractivity contribution is 7.92. The summed E-state index contributed by atoms with van der Waals surface area (Å²) < 4.78 is 86.6. The second-order valence-electron chi connectivity index (χ2n) is 6.57. The topological polar surface area (TPSA) is 120 Å². The van der Waals surface area contributed by atoms with Gasteiger partial charge in [0.05, 0.1) is 16.9 Å². The highest BCUT2D eigenvalue weighted by Crippen LogP contribution is 2.34. The van der Waals surface area contributed by atoms with E-state index < -0.39 is 51.2 Å². The van der Waals surface area contributed by atoms with Crippen LogP contribution < -0.4 is 15.2 Å². The van der Waals surface area contributed by atoms with E-state index >= 15 is 0 Å². The number of sulfonamides is 1. The standard InChI is InChI=1S/C19H17F4N5O3S/c1-2-19(22,23)10-32(29,30)28-13-5-6-14(16(21)15(13)20)31-17-11(4-3-8-25-17)12-7-9-26-18(24)27-12/h3-9,28H,2,10H2,1H3,(H2,24,26,27). The molecular weight excluding hydrogens is 454 g/mol. The minimum atomic E-state index is -4.65. The van der Waals surface area contributed by atoms with Crippen LogP contribution in [0.25, 0.3) is 11.3 Å². The van der Waals surface area contributed by atoms with E-state index in [1.54, 1.807) is 16.9 Å². The van der Waals surface area contributed by atoms with Crippen LogP contribution in [0.3, 0.4) is 0 Å². The highest BCUT2D eigenvalue weighted by Gasteiger charge is 2.34. The lowest BCUT2D eigenvalue weighted by Gasteiger charge is -2.16. The van der Waals surface area contributed by atoms with Crippen LogP contribution in [-0.2, 0) is 10.0 Å². The molecule has 0 aliphatic heterocycles. The summed E-state index contributed by atoms with van der Waals surface area (Å²) in [5, 5.41) is 0. The minimum Gasteiger partial charge on any atom is -0.435 e. The molecule has 0 aliphatic rings. The first-order chi connectivity index (χ1) is 15.0. The molecule has 0 atom stereocenters. The number of rotatable bonds is 8. The number of hydrogen-bond acceptors (Lipinski definition) is 7. The number of nitrogens with two attached hydrogens (primary N) is 1. The first kappa shape index (κ1) is 23.2. The van der Waals surface area contributed by atoms with Crippen molar-refractivity contribution in [1.29, 1.82) is 0 Å². The predicted octanol–water partition coefficient (Wildman–Crippen LogP) is 3.98. The summed E-state index contributed by atoms with van der Waals surface area (Å²) in [7, 11) is -4.65. The second-order valence-corrected chi connectivity index (χ2v) is 8.29. The Labute approximate surface area is 180 Å². The number of hydrogen-bond donors (Lipinski definition) is 2. The van der Waals surface area contributed by atoms with Crippen LogP contribution in [0.2, 0.25) is 0 Å². The monoisotopic (exact) mass is 471 g/mol. The minimum absolute atomic E-state index is 0.0279. The molecule has 1 aromatic carbocycles. The molecule has 8 nitrogen and oxygen atoms in total. The van der Waals surface area contributed by atoms with E-state index in [9.17, 15) is 26.0 Å². The van der Waals surface area contributed by atoms with Gasteiger partial charge in [0, 0.05) is 18.8 Å². The van der Waals surface area contributed by atoms with Crippen molar-refractivity contribution < 1.29 is 30.7 Å². The fourth-order valence-electron chi connectivity index (χ4n) is 2.57. The van der Waals surface area contributed by atoms with E-state index in [4.69, 9.17) is 10.5 Å². The van der Waals surface area contributed by atoms with Gasteiger partial charge in [-0.05, 0) is 30.3 Å². The van der Waals surface area contributed by atoms with Gasteiger partial charge in [-0.2, -0.15) is 4.39 Å². The SMILES string of the molecule is CCC(F)(F)CS(=O)(=O)Nc1ccc(Oc2ncccc2-c2ccnc(N)n2)c(F)c1F. The van der Waals surface area contributed by atoms with Gasteiger partial charge in [0.25, 0.3) is 5.92 Å². The van der Waals surface area contributed by atoms with Crippen LogP contribution in [0.15, 0.2) is 42.7 Å². The summed E-state index contributed by atoms with van der Waals surface area (Å²) in [4.78, 5) is 11.8. The smallest absolute Gasteiger partial charge is 0.263 e. The number of benzene rings is 1. The van der Waals surface area contributed by atoms with E-state index in [2.05, 4.69) is 15.0 Å². The van der Waals surface area contributed by atoms with Gasteiger partial charge in [-0.1, -0.05) is 6.92 Å². The molecule has 0 fully saturated rings. The van der Waals surface area contributed by atoms with Gasteiger partial charge in [0.2, 0.25) is 27.7 Å². The molecular formula is C19H17F4N5O3S. The maximum Gasteiger partial charge on any atom is 0.263 e. The van der Waals surface area contributed by atoms with Crippen molar-refractivity contribution in [1.82, 2.24) is 15.0 Å². The molecule has 0 aliphatic carbocycles. The maximum absolute atomic E-state index is 14.6. The van der Waals surface area contributed by atoms with Gasteiger partial charge in [0.1, 0.15) is 5.75 Å². The quantitative estimate of drug-likeness (QED) is 0.477. The first-order valence-corrected chi connectivity index (χ1v) is 10.7. The zero-order valence-corrected chi connectivity index (χ0v) is 17.3. The molecule has 32 heavy (non-hydrogen) atoms. The number of ether oxygens (including phenoxy) is 1. The molecule has 0 saturated heterocycles. The summed E-state index contributed by atoms with van der Waals surface area (Å²) in [6.45, 7) is 1.10. The molecule has 0 bridgehead atoms. The summed E-state index contributed by atoms with van der Waals surface area (Å²) in [6.07, 6.45) is 1.99. The van der Waals surface area contributed by atoms with Crippen molar-refractivity contribution >= 4 is 21.7 Å². The number of halogens is 4. The zero-order chi connectivity index (χ0) is 23.5. The molecule has 2 aromatic heterocycles. The van der Waals surface area contributed by atoms with Crippen molar-refractivity contribution in [3.63, 3.8) is 0 Å². The molecule has 3 N–H and O–H groups in total. The Hall–Kier alpha value is -3.48. The number of pyridine rings is 1. The molecule has 3 aromatic rings. The Morgan fingerprint density at radius 1 is 1.09 bits per heavy atom. The van der Waals surface area contributed by atoms with Crippen LogP contribution in [0.5, 0.6) is 11.6 Å². The third-order valence-corrected chi connectivity index (χ3v) is 5.49. The number of aromatic nitrogens is 3. The molecule has 0 unspecified atom stereocenters. The number of alkyl halides is 2. The Bertz CT molecular complexity index is 1240. The fourth-order valence-corrected chi connectivity index (χ4v) is 3.89. The molecule has 2 heterocycles. The van der Waals surface area contributed by atoms with Crippen LogP contribution in [0.4, 0.5) is 29.2 Å². The number of nitrogens with one attached hydrogen (secondary N) is 1. The van der Waals surface area contributed by atoms with Crippen molar-refractivity contribution in [3.05, 3.63) is 54.4 Å². The average molecular weight is 471 g/mol. The average Bonchev–Trinajstić information content (AvgIpc) is 2.73. The van der Waals surface area contributed by atoms with Gasteiger partial charge in [0.15, 0.2) is 11.6 Å². The van der Waals surface area contributed by atoms with Crippen molar-refractivity contribution in [2.45, 2.75) is 19.3 Å². The van der Waals surface area contributed by atoms with Gasteiger partial charge >= 0.3 is 0 Å². The second kappa shape index (κ2) is 8.94. The Balaban J connectivity index is 1.89. The van der Waals surface area contributed by atoms with E-state index in [0.29, 0.717) is 11.3 Å². The van der Waals surface area contributed by atoms with Crippen molar-refractivity contribution in [3.8, 4) is 22.9 Å². The third-order valence-electron chi connectivity index (χ3n) is 4.16. The van der Waals surface area contributed by atoms with Crippen molar-refractivity contribution in [2.24, 2.45) is 0 Å². The van der Waals surface area contributed by atoms with Crippen LogP contribution in [0, 0.1) is 11.6 Å². The molecule has 0 saturated carbocycles. The molecule has 0 spiro atoms. The summed E-state index contributed by atoms with van der Waals surface area (Å²) >= 11 is 0. The fraction of sp³-hybridized carbons (Fsp3) is 0.211. The highest BCUT2D eigenvalue weighted by atomic mass is 32.2. The van der Waals surface area contributed by atoms with Crippen LogP contribution >= 0.6 is 0 Å². The lowest BCUT2D eigenvalue weighted by molar-refractivity contribution is 0.0219. The number of nitrogens with zero attached hydrogens (tertiary/aromatic N) is 3. The normalized spacial score (nSPS) is 11.9. The molecule has 0 amide bonds. The largest absolute Gasteiger partial charge is 0.435 e. The summed E-state index contributed by atoms with van der Waals surface area (Å²) in [6, 6.07) is 6.39. The Morgan fingerprint density at radius 2 is 1.84 bits per heavy atom. The Morgan fingerprint density at radius 3 is 2.53 bits per heavy atom. The number of nitrogen functional groups attached to an aromatic ring is 1. The van der Waals surface area contributed by atoms with E-state index in [-0.39, 0.29) is 11.8 Å². The zero-order valence-electron chi connectivity index (χ0n) is 16.5.